The van der Waals surface area contributed by atoms with E-state index in [4.69, 9.17) is 16.3 Å². The lowest BCUT2D eigenvalue weighted by atomic mass is 10.1. The number of hydrogen-bond acceptors (Lipinski definition) is 7. The minimum Gasteiger partial charge on any atom is -0.496 e. The molecule has 4 rings (SSSR count). The summed E-state index contributed by atoms with van der Waals surface area (Å²) in [5.74, 6) is 1.05. The molecule has 9 heteroatoms. The Morgan fingerprint density at radius 2 is 1.91 bits per heavy atom. The van der Waals surface area contributed by atoms with Crippen LogP contribution in [0, 0.1) is 11.3 Å². The normalized spacial score (nSPS) is 10.5. The zero-order chi connectivity index (χ0) is 23.9. The average molecular weight is 507 g/mol. The highest BCUT2D eigenvalue weighted by molar-refractivity contribution is 7.99. The average Bonchev–Trinajstić information content (AvgIpc) is 3.32. The van der Waals surface area contributed by atoms with Crippen LogP contribution in [0.5, 0.6) is 5.75 Å². The molecule has 1 N–H and O–H groups in total. The molecule has 0 saturated carbocycles. The molecule has 6 nitrogen and oxygen atoms in total. The third kappa shape index (κ3) is 5.75. The van der Waals surface area contributed by atoms with E-state index >= 15 is 0 Å². The van der Waals surface area contributed by atoms with Gasteiger partial charge in [0.15, 0.2) is 5.13 Å². The summed E-state index contributed by atoms with van der Waals surface area (Å²) < 4.78 is 5.39. The summed E-state index contributed by atoms with van der Waals surface area (Å²) in [4.78, 5) is 21.6. The number of carbonyl (C=O) groups excluding carboxylic acids is 1. The Labute approximate surface area is 210 Å². The molecule has 0 unspecified atom stereocenters. The van der Waals surface area contributed by atoms with Gasteiger partial charge < -0.3 is 10.1 Å². The smallest absolute Gasteiger partial charge is 0.226 e. The number of hydrogen-bond donors (Lipinski definition) is 1. The monoisotopic (exact) mass is 506 g/mol. The van der Waals surface area contributed by atoms with E-state index in [0.717, 1.165) is 28.3 Å². The zero-order valence-electron chi connectivity index (χ0n) is 18.1. The number of rotatable bonds is 8. The number of amides is 1. The summed E-state index contributed by atoms with van der Waals surface area (Å²) in [5.41, 5.74) is 3.74. The first-order chi connectivity index (χ1) is 16.6. The number of para-hydroxylation sites is 1. The molecule has 0 fully saturated rings. The lowest BCUT2D eigenvalue weighted by Gasteiger charge is -2.07. The molecule has 0 aliphatic rings. The number of nitrogens with zero attached hydrogens (tertiary/aromatic N) is 3. The number of anilines is 1. The SMILES string of the molecule is COc1ccccc1-c1csc(NC(=O)CCSc2nc(-c3ccc(Cl)cc3)ccc2C#N)n1. The maximum Gasteiger partial charge on any atom is 0.226 e. The Morgan fingerprint density at radius 3 is 2.68 bits per heavy atom. The number of methoxy groups -OCH3 is 1. The molecule has 0 saturated heterocycles. The first-order valence-corrected chi connectivity index (χ1v) is 12.5. The van der Waals surface area contributed by atoms with Crippen molar-refractivity contribution in [1.29, 1.82) is 5.26 Å². The van der Waals surface area contributed by atoms with Gasteiger partial charge in [-0.3, -0.25) is 4.79 Å². The number of nitriles is 1. The van der Waals surface area contributed by atoms with Gasteiger partial charge in [-0.05, 0) is 36.4 Å². The van der Waals surface area contributed by atoms with Crippen LogP contribution in [0.25, 0.3) is 22.5 Å². The van der Waals surface area contributed by atoms with Crippen molar-refractivity contribution in [3.63, 3.8) is 0 Å². The number of ether oxygens (including phenoxy) is 1. The highest BCUT2D eigenvalue weighted by Gasteiger charge is 2.13. The fraction of sp³-hybridized carbons (Fsp3) is 0.120. The molecule has 2 aromatic heterocycles. The minimum atomic E-state index is -0.152. The van der Waals surface area contributed by atoms with Crippen molar-refractivity contribution >= 4 is 45.7 Å². The van der Waals surface area contributed by atoms with Crippen LogP contribution < -0.4 is 10.1 Å². The second-order valence-electron chi connectivity index (χ2n) is 7.05. The van der Waals surface area contributed by atoms with E-state index in [2.05, 4.69) is 21.4 Å². The van der Waals surface area contributed by atoms with Gasteiger partial charge in [-0.2, -0.15) is 5.26 Å². The summed E-state index contributed by atoms with van der Waals surface area (Å²) in [6, 6.07) is 20.7. The van der Waals surface area contributed by atoms with Gasteiger partial charge in [0.1, 0.15) is 16.8 Å². The molecular formula is C25H19ClN4O2S2. The van der Waals surface area contributed by atoms with Gasteiger partial charge in [0.25, 0.3) is 0 Å². The number of pyridine rings is 1. The van der Waals surface area contributed by atoms with Gasteiger partial charge in [-0.25, -0.2) is 9.97 Å². The molecule has 0 bridgehead atoms. The van der Waals surface area contributed by atoms with Crippen LogP contribution in [0.3, 0.4) is 0 Å². The van der Waals surface area contributed by atoms with Crippen LogP contribution in [0.2, 0.25) is 5.02 Å². The molecule has 0 radical (unpaired) electrons. The van der Waals surface area contributed by atoms with Crippen LogP contribution in [-0.2, 0) is 4.79 Å². The molecule has 34 heavy (non-hydrogen) atoms. The summed E-state index contributed by atoms with van der Waals surface area (Å²) in [6.07, 6.45) is 0.256. The third-order valence-corrected chi connectivity index (χ3v) is 6.82. The number of carbonyl (C=O) groups is 1. The number of thiazole rings is 1. The fourth-order valence-electron chi connectivity index (χ4n) is 3.15. The molecule has 0 atom stereocenters. The van der Waals surface area contributed by atoms with Gasteiger partial charge in [0.2, 0.25) is 5.91 Å². The highest BCUT2D eigenvalue weighted by Crippen LogP contribution is 2.32. The Kier molecular flexibility index (Phi) is 7.80. The van der Waals surface area contributed by atoms with E-state index in [1.165, 1.54) is 23.1 Å². The van der Waals surface area contributed by atoms with E-state index in [-0.39, 0.29) is 12.3 Å². The third-order valence-electron chi connectivity index (χ3n) is 4.82. The van der Waals surface area contributed by atoms with Gasteiger partial charge in [0.05, 0.1) is 24.1 Å². The van der Waals surface area contributed by atoms with Crippen molar-refractivity contribution in [2.24, 2.45) is 0 Å². The first-order valence-electron chi connectivity index (χ1n) is 10.3. The first kappa shape index (κ1) is 23.8. The van der Waals surface area contributed by atoms with Crippen molar-refractivity contribution in [2.45, 2.75) is 11.4 Å². The largest absolute Gasteiger partial charge is 0.496 e. The van der Waals surface area contributed by atoms with Crippen molar-refractivity contribution in [2.75, 3.05) is 18.2 Å². The molecule has 0 spiro atoms. The van der Waals surface area contributed by atoms with Crippen LogP contribution in [0.4, 0.5) is 5.13 Å². The number of nitrogens with one attached hydrogen (secondary N) is 1. The lowest BCUT2D eigenvalue weighted by molar-refractivity contribution is -0.115. The Bertz CT molecular complexity index is 1350. The van der Waals surface area contributed by atoms with Crippen molar-refractivity contribution in [3.8, 4) is 34.3 Å². The van der Waals surface area contributed by atoms with E-state index in [1.807, 2.05) is 41.8 Å². The Morgan fingerprint density at radius 1 is 1.12 bits per heavy atom. The molecule has 4 aromatic rings. The maximum atomic E-state index is 12.5. The molecule has 1 amide bonds. The summed E-state index contributed by atoms with van der Waals surface area (Å²) in [7, 11) is 1.61. The number of benzene rings is 2. The quantitative estimate of drug-likeness (QED) is 0.273. The highest BCUT2D eigenvalue weighted by atomic mass is 35.5. The molecular weight excluding hydrogens is 488 g/mol. The van der Waals surface area contributed by atoms with Gasteiger partial charge >= 0.3 is 0 Å². The van der Waals surface area contributed by atoms with Crippen molar-refractivity contribution in [3.05, 3.63) is 76.6 Å². The number of halogens is 1. The van der Waals surface area contributed by atoms with Crippen LogP contribution in [0.1, 0.15) is 12.0 Å². The van der Waals surface area contributed by atoms with E-state index in [9.17, 15) is 10.1 Å². The van der Waals surface area contributed by atoms with Crippen molar-refractivity contribution < 1.29 is 9.53 Å². The zero-order valence-corrected chi connectivity index (χ0v) is 20.5. The molecule has 2 aromatic carbocycles. The lowest BCUT2D eigenvalue weighted by Crippen LogP contribution is -2.12. The van der Waals surface area contributed by atoms with Crippen LogP contribution in [-0.4, -0.2) is 28.7 Å². The minimum absolute atomic E-state index is 0.152. The van der Waals surface area contributed by atoms with Crippen molar-refractivity contribution in [1.82, 2.24) is 9.97 Å². The molecule has 0 aliphatic carbocycles. The van der Waals surface area contributed by atoms with E-state index < -0.39 is 0 Å². The molecule has 2 heterocycles. The summed E-state index contributed by atoms with van der Waals surface area (Å²) in [6.45, 7) is 0. The second-order valence-corrected chi connectivity index (χ2v) is 9.43. The second kappa shape index (κ2) is 11.2. The predicted octanol–water partition coefficient (Wildman–Crippen LogP) is 6.53. The number of thioether (sulfide) groups is 1. The standard InChI is InChI=1S/C25H19ClN4O2S2/c1-32-22-5-3-2-4-19(22)21-15-34-25(29-21)30-23(31)12-13-33-24-17(14-27)8-11-20(28-24)16-6-9-18(26)10-7-16/h2-11,15H,12-13H2,1H3,(H,29,30,31). The summed E-state index contributed by atoms with van der Waals surface area (Å²) >= 11 is 8.70. The fourth-order valence-corrected chi connectivity index (χ4v) is 4.92. The number of aromatic nitrogens is 2. The van der Waals surface area contributed by atoms with Gasteiger partial charge in [0, 0.05) is 33.7 Å². The van der Waals surface area contributed by atoms with Gasteiger partial charge in [-0.15, -0.1) is 23.1 Å². The van der Waals surface area contributed by atoms with Crippen LogP contribution >= 0.6 is 34.7 Å². The Hall–Kier alpha value is -3.38. The topological polar surface area (TPSA) is 87.9 Å². The Balaban J connectivity index is 1.37. The van der Waals surface area contributed by atoms with E-state index in [1.54, 1.807) is 31.4 Å². The molecule has 0 aliphatic heterocycles. The van der Waals surface area contributed by atoms with Gasteiger partial charge in [-0.1, -0.05) is 35.9 Å². The van der Waals surface area contributed by atoms with Crippen LogP contribution in [0.15, 0.2) is 71.1 Å². The van der Waals surface area contributed by atoms with E-state index in [0.29, 0.717) is 26.5 Å². The summed E-state index contributed by atoms with van der Waals surface area (Å²) in [5, 5.41) is 15.9. The maximum absolute atomic E-state index is 12.5. The molecule has 170 valence electrons. The predicted molar refractivity (Wildman–Crippen MR) is 137 cm³/mol.